The van der Waals surface area contributed by atoms with Gasteiger partial charge in [0.1, 0.15) is 23.0 Å². The molecule has 10 heteroatoms. The summed E-state index contributed by atoms with van der Waals surface area (Å²) in [6, 6.07) is 2.84. The minimum atomic E-state index is -0.901. The molecule has 0 radical (unpaired) electrons. The van der Waals surface area contributed by atoms with Gasteiger partial charge in [0.15, 0.2) is 0 Å². The minimum Gasteiger partial charge on any atom is -0.341 e. The van der Waals surface area contributed by atoms with Crippen LogP contribution in [0, 0.1) is 30.4 Å². The highest BCUT2D eigenvalue weighted by Gasteiger charge is 2.26. The number of piperidine rings is 1. The van der Waals surface area contributed by atoms with E-state index in [1.54, 1.807) is 11.8 Å². The van der Waals surface area contributed by atoms with Crippen LogP contribution in [-0.4, -0.2) is 39.4 Å². The number of aryl methyl sites for hydroxylation is 1. The van der Waals surface area contributed by atoms with E-state index in [0.29, 0.717) is 41.4 Å². The van der Waals surface area contributed by atoms with E-state index in [1.165, 1.54) is 10.9 Å². The van der Waals surface area contributed by atoms with Crippen LogP contribution in [0.5, 0.6) is 0 Å². The normalized spacial score (nSPS) is 18.5. The Labute approximate surface area is 193 Å². The third-order valence-corrected chi connectivity index (χ3v) is 7.03. The van der Waals surface area contributed by atoms with Gasteiger partial charge in [-0.3, -0.25) is 19.0 Å². The molecule has 1 aliphatic rings. The van der Waals surface area contributed by atoms with E-state index in [4.69, 9.17) is 0 Å². The highest BCUT2D eigenvalue weighted by molar-refractivity contribution is 7.20. The highest BCUT2D eigenvalue weighted by Crippen LogP contribution is 2.28. The Morgan fingerprint density at radius 2 is 1.91 bits per heavy atom. The molecule has 2 aromatic heterocycles. The number of likely N-dealkylation sites (tertiary alicyclic amines) is 1. The lowest BCUT2D eigenvalue weighted by molar-refractivity contribution is -0.134. The molecule has 0 spiro atoms. The second kappa shape index (κ2) is 9.01. The van der Waals surface area contributed by atoms with Crippen LogP contribution in [0.4, 0.5) is 14.5 Å². The summed E-state index contributed by atoms with van der Waals surface area (Å²) in [6.45, 7) is 7.02. The van der Waals surface area contributed by atoms with Gasteiger partial charge in [0.25, 0.3) is 11.5 Å². The molecule has 7 nitrogen and oxygen atoms in total. The highest BCUT2D eigenvalue weighted by atomic mass is 32.1. The molecule has 1 saturated heterocycles. The number of amides is 2. The molecule has 1 aliphatic heterocycles. The van der Waals surface area contributed by atoms with Gasteiger partial charge in [0.05, 0.1) is 22.3 Å². The molecule has 0 saturated carbocycles. The van der Waals surface area contributed by atoms with Crippen LogP contribution in [0.15, 0.2) is 29.3 Å². The molecule has 3 heterocycles. The van der Waals surface area contributed by atoms with E-state index in [1.807, 2.05) is 0 Å². The fraction of sp³-hybridized carbons (Fsp3) is 0.391. The maximum atomic E-state index is 13.9. The second-order valence-electron chi connectivity index (χ2n) is 8.74. The van der Waals surface area contributed by atoms with Crippen molar-refractivity contribution in [1.82, 2.24) is 14.5 Å². The third-order valence-electron chi connectivity index (χ3n) is 5.83. The predicted octanol–water partition coefficient (Wildman–Crippen LogP) is 3.80. The van der Waals surface area contributed by atoms with Crippen molar-refractivity contribution >= 4 is 39.1 Å². The zero-order valence-electron chi connectivity index (χ0n) is 18.5. The van der Waals surface area contributed by atoms with Crippen LogP contribution in [0.1, 0.15) is 35.5 Å². The van der Waals surface area contributed by atoms with Crippen molar-refractivity contribution < 1.29 is 18.4 Å². The molecular formula is C23H24F2N4O3S. The first kappa shape index (κ1) is 23.0. The smallest absolute Gasteiger partial charge is 0.266 e. The maximum Gasteiger partial charge on any atom is 0.266 e. The molecule has 1 aromatic carbocycles. The number of fused-ring (bicyclic) bond motifs is 1. The molecule has 2 unspecified atom stereocenters. The van der Waals surface area contributed by atoms with Gasteiger partial charge in [0, 0.05) is 19.2 Å². The Balaban J connectivity index is 1.59. The Bertz CT molecular complexity index is 1290. The van der Waals surface area contributed by atoms with Gasteiger partial charge in [0.2, 0.25) is 5.91 Å². The number of carbonyl (C=O) groups is 2. The van der Waals surface area contributed by atoms with Crippen molar-refractivity contribution in [2.75, 3.05) is 18.4 Å². The summed E-state index contributed by atoms with van der Waals surface area (Å²) in [5.74, 6) is -1.62. The standard InChI is InChI=1S/C23H24F2N4O3S/c1-12-6-13(2)9-28(8-12)18(30)10-29-11-26-22-19(23(29)32)14(3)20(33-22)21(31)27-17-5-4-15(24)7-16(17)25/h4-5,7,11-13H,6,8-10H2,1-3H3,(H,27,31). The number of anilines is 1. The zero-order valence-corrected chi connectivity index (χ0v) is 19.3. The lowest BCUT2D eigenvalue weighted by atomic mass is 9.92. The largest absolute Gasteiger partial charge is 0.341 e. The SMILES string of the molecule is Cc1c(C(=O)Nc2ccc(F)cc2F)sc2ncn(CC(=O)N3CC(C)CC(C)C3)c(=O)c12. The summed E-state index contributed by atoms with van der Waals surface area (Å²) in [7, 11) is 0. The molecule has 4 rings (SSSR count). The molecule has 2 amide bonds. The average molecular weight is 475 g/mol. The summed E-state index contributed by atoms with van der Waals surface area (Å²) < 4.78 is 28.3. The van der Waals surface area contributed by atoms with Crippen LogP contribution in [0.2, 0.25) is 0 Å². The van der Waals surface area contributed by atoms with E-state index < -0.39 is 23.1 Å². The van der Waals surface area contributed by atoms with Crippen LogP contribution in [0.25, 0.3) is 10.2 Å². The number of hydrogen-bond donors (Lipinski definition) is 1. The van der Waals surface area contributed by atoms with Crippen LogP contribution < -0.4 is 10.9 Å². The molecule has 1 N–H and O–H groups in total. The number of benzene rings is 1. The van der Waals surface area contributed by atoms with Crippen LogP contribution in [-0.2, 0) is 11.3 Å². The van der Waals surface area contributed by atoms with Gasteiger partial charge < -0.3 is 10.2 Å². The van der Waals surface area contributed by atoms with E-state index in [-0.39, 0.29) is 28.4 Å². The Morgan fingerprint density at radius 3 is 2.58 bits per heavy atom. The monoisotopic (exact) mass is 474 g/mol. The average Bonchev–Trinajstić information content (AvgIpc) is 3.08. The van der Waals surface area contributed by atoms with Crippen LogP contribution in [0.3, 0.4) is 0 Å². The quantitative estimate of drug-likeness (QED) is 0.624. The number of carbonyl (C=O) groups excluding carboxylic acids is 2. The second-order valence-corrected chi connectivity index (χ2v) is 9.74. The molecule has 174 valence electrons. The Hall–Kier alpha value is -3.14. The van der Waals surface area contributed by atoms with Crippen molar-refractivity contribution in [3.63, 3.8) is 0 Å². The van der Waals surface area contributed by atoms with E-state index in [0.717, 1.165) is 29.9 Å². The third kappa shape index (κ3) is 4.66. The Kier molecular flexibility index (Phi) is 6.29. The number of rotatable bonds is 4. The van der Waals surface area contributed by atoms with E-state index in [2.05, 4.69) is 24.1 Å². The maximum absolute atomic E-state index is 13.9. The van der Waals surface area contributed by atoms with E-state index >= 15 is 0 Å². The van der Waals surface area contributed by atoms with Gasteiger partial charge in [-0.05, 0) is 42.9 Å². The number of nitrogens with one attached hydrogen (secondary N) is 1. The lowest BCUT2D eigenvalue weighted by Gasteiger charge is -2.35. The minimum absolute atomic E-state index is 0.126. The first-order chi connectivity index (χ1) is 15.6. The summed E-state index contributed by atoms with van der Waals surface area (Å²) in [5.41, 5.74) is -0.180. The van der Waals surface area contributed by atoms with Crippen molar-refractivity contribution in [3.05, 3.63) is 57.0 Å². The summed E-state index contributed by atoms with van der Waals surface area (Å²) in [5, 5.41) is 2.66. The first-order valence-electron chi connectivity index (χ1n) is 10.7. The fourth-order valence-corrected chi connectivity index (χ4v) is 5.41. The number of aromatic nitrogens is 2. The van der Waals surface area contributed by atoms with Crippen molar-refractivity contribution in [3.8, 4) is 0 Å². The molecule has 2 atom stereocenters. The summed E-state index contributed by atoms with van der Waals surface area (Å²) in [6.07, 6.45) is 2.38. The lowest BCUT2D eigenvalue weighted by Crippen LogP contribution is -2.44. The number of hydrogen-bond acceptors (Lipinski definition) is 5. The van der Waals surface area contributed by atoms with Crippen molar-refractivity contribution in [2.45, 2.75) is 33.7 Å². The molecular weight excluding hydrogens is 450 g/mol. The molecule has 3 aromatic rings. The van der Waals surface area contributed by atoms with Crippen molar-refractivity contribution in [1.29, 1.82) is 0 Å². The van der Waals surface area contributed by atoms with Gasteiger partial charge in [-0.1, -0.05) is 13.8 Å². The van der Waals surface area contributed by atoms with E-state index in [9.17, 15) is 23.2 Å². The Morgan fingerprint density at radius 1 is 1.21 bits per heavy atom. The van der Waals surface area contributed by atoms with Gasteiger partial charge in [-0.25, -0.2) is 13.8 Å². The van der Waals surface area contributed by atoms with Gasteiger partial charge in [-0.15, -0.1) is 11.3 Å². The topological polar surface area (TPSA) is 84.3 Å². The number of thiophene rings is 1. The zero-order chi connectivity index (χ0) is 23.9. The van der Waals surface area contributed by atoms with Crippen LogP contribution >= 0.6 is 11.3 Å². The molecule has 0 aliphatic carbocycles. The summed E-state index contributed by atoms with van der Waals surface area (Å²) >= 11 is 1.00. The summed E-state index contributed by atoms with van der Waals surface area (Å²) in [4.78, 5) is 45.3. The van der Waals surface area contributed by atoms with Crippen molar-refractivity contribution in [2.24, 2.45) is 11.8 Å². The number of nitrogens with zero attached hydrogens (tertiary/aromatic N) is 3. The number of halogens is 2. The molecule has 1 fully saturated rings. The van der Waals surface area contributed by atoms with Gasteiger partial charge >= 0.3 is 0 Å². The fourth-order valence-electron chi connectivity index (χ4n) is 4.37. The molecule has 0 bridgehead atoms. The predicted molar refractivity (Wildman–Crippen MR) is 122 cm³/mol. The molecule has 33 heavy (non-hydrogen) atoms. The van der Waals surface area contributed by atoms with Gasteiger partial charge in [-0.2, -0.15) is 0 Å². The first-order valence-corrected chi connectivity index (χ1v) is 11.5.